The van der Waals surface area contributed by atoms with Crippen LogP contribution in [0.3, 0.4) is 0 Å². The quantitative estimate of drug-likeness (QED) is 0.740. The van der Waals surface area contributed by atoms with E-state index in [-0.39, 0.29) is 5.82 Å². The van der Waals surface area contributed by atoms with Crippen molar-refractivity contribution in [1.29, 1.82) is 0 Å². The van der Waals surface area contributed by atoms with Crippen molar-refractivity contribution in [1.82, 2.24) is 5.32 Å². The average Bonchev–Trinajstić information content (AvgIpc) is 2.34. The monoisotopic (exact) mass is 317 g/mol. The number of benzene rings is 1. The Kier molecular flexibility index (Phi) is 7.47. The molecule has 0 radical (unpaired) electrons. The van der Waals surface area contributed by atoms with Crippen LogP contribution in [-0.4, -0.2) is 25.8 Å². The van der Waals surface area contributed by atoms with Gasteiger partial charge in [0.1, 0.15) is 5.82 Å². The minimum Gasteiger partial charge on any atom is -0.382 e. The van der Waals surface area contributed by atoms with E-state index in [0.29, 0.717) is 6.04 Å². The predicted octanol–water partition coefficient (Wildman–Crippen LogP) is 3.54. The number of hydrogen-bond donors (Lipinski definition) is 1. The lowest BCUT2D eigenvalue weighted by molar-refractivity contribution is 0.136. The summed E-state index contributed by atoms with van der Waals surface area (Å²) in [6, 6.07) is 5.14. The van der Waals surface area contributed by atoms with E-state index in [4.69, 9.17) is 4.74 Å². The van der Waals surface area contributed by atoms with E-state index in [1.165, 1.54) is 6.07 Å². The summed E-state index contributed by atoms with van der Waals surface area (Å²) in [5.41, 5.74) is 0.998. The number of ether oxygens (including phenoxy) is 1. The van der Waals surface area contributed by atoms with Crippen LogP contribution in [0.15, 0.2) is 22.7 Å². The number of rotatable bonds is 8. The molecule has 0 heterocycles. The van der Waals surface area contributed by atoms with Gasteiger partial charge in [-0.3, -0.25) is 0 Å². The van der Waals surface area contributed by atoms with Crippen LogP contribution in [0.25, 0.3) is 0 Å². The largest absolute Gasteiger partial charge is 0.382 e. The molecule has 4 heteroatoms. The Labute approximate surface area is 117 Å². The summed E-state index contributed by atoms with van der Waals surface area (Å²) in [4.78, 5) is 0. The van der Waals surface area contributed by atoms with Gasteiger partial charge in [-0.05, 0) is 50.1 Å². The minimum atomic E-state index is -0.187. The third kappa shape index (κ3) is 5.46. The Hall–Kier alpha value is -0.450. The Bertz CT molecular complexity index is 360. The van der Waals surface area contributed by atoms with E-state index in [9.17, 15) is 4.39 Å². The first-order chi connectivity index (χ1) is 8.67. The van der Waals surface area contributed by atoms with Gasteiger partial charge >= 0.3 is 0 Å². The Balaban J connectivity index is 2.60. The lowest BCUT2D eigenvalue weighted by Crippen LogP contribution is -2.32. The van der Waals surface area contributed by atoms with Crippen LogP contribution in [0.4, 0.5) is 4.39 Å². The third-order valence-corrected chi connectivity index (χ3v) is 3.56. The minimum absolute atomic E-state index is 0.187. The molecule has 0 bridgehead atoms. The molecule has 1 aromatic carbocycles. The molecular weight excluding hydrogens is 297 g/mol. The molecule has 0 fully saturated rings. The molecule has 0 aliphatic carbocycles. The van der Waals surface area contributed by atoms with Crippen LogP contribution in [0, 0.1) is 5.82 Å². The highest BCUT2D eigenvalue weighted by atomic mass is 79.9. The van der Waals surface area contributed by atoms with Crippen molar-refractivity contribution in [2.45, 2.75) is 32.7 Å². The molecule has 18 heavy (non-hydrogen) atoms. The van der Waals surface area contributed by atoms with Gasteiger partial charge in [0.15, 0.2) is 0 Å². The highest BCUT2D eigenvalue weighted by molar-refractivity contribution is 9.10. The summed E-state index contributed by atoms with van der Waals surface area (Å²) < 4.78 is 19.6. The van der Waals surface area contributed by atoms with Gasteiger partial charge in [0.2, 0.25) is 0 Å². The summed E-state index contributed by atoms with van der Waals surface area (Å²) in [6.45, 7) is 6.45. The smallest absolute Gasteiger partial charge is 0.123 e. The zero-order valence-corrected chi connectivity index (χ0v) is 12.6. The van der Waals surface area contributed by atoms with E-state index in [1.807, 2.05) is 6.92 Å². The summed E-state index contributed by atoms with van der Waals surface area (Å²) >= 11 is 3.47. The molecule has 1 unspecified atom stereocenters. The van der Waals surface area contributed by atoms with Gasteiger partial charge in [-0.2, -0.15) is 0 Å². The molecule has 102 valence electrons. The lowest BCUT2D eigenvalue weighted by Gasteiger charge is -2.18. The zero-order chi connectivity index (χ0) is 13.4. The fourth-order valence-electron chi connectivity index (χ4n) is 1.90. The fourth-order valence-corrected chi connectivity index (χ4v) is 2.31. The molecule has 1 atom stereocenters. The second kappa shape index (κ2) is 8.62. The highest BCUT2D eigenvalue weighted by Crippen LogP contribution is 2.20. The second-order valence-electron chi connectivity index (χ2n) is 4.18. The molecule has 1 rings (SSSR count). The predicted molar refractivity (Wildman–Crippen MR) is 76.4 cm³/mol. The van der Waals surface area contributed by atoms with E-state index in [2.05, 4.69) is 28.2 Å². The topological polar surface area (TPSA) is 21.3 Å². The van der Waals surface area contributed by atoms with Crippen molar-refractivity contribution in [3.8, 4) is 0 Å². The average molecular weight is 318 g/mol. The van der Waals surface area contributed by atoms with E-state index in [0.717, 1.165) is 42.6 Å². The van der Waals surface area contributed by atoms with Gasteiger partial charge in [0.05, 0.1) is 0 Å². The molecule has 0 saturated heterocycles. The van der Waals surface area contributed by atoms with Gasteiger partial charge < -0.3 is 10.1 Å². The molecule has 1 aromatic rings. The van der Waals surface area contributed by atoms with Gasteiger partial charge in [-0.15, -0.1) is 0 Å². The Morgan fingerprint density at radius 3 is 2.83 bits per heavy atom. The maximum Gasteiger partial charge on any atom is 0.123 e. The van der Waals surface area contributed by atoms with Crippen LogP contribution in [-0.2, 0) is 11.2 Å². The van der Waals surface area contributed by atoms with Crippen molar-refractivity contribution >= 4 is 15.9 Å². The zero-order valence-electron chi connectivity index (χ0n) is 11.0. The molecule has 0 aromatic heterocycles. The third-order valence-electron chi connectivity index (χ3n) is 2.78. The number of hydrogen-bond acceptors (Lipinski definition) is 2. The van der Waals surface area contributed by atoms with Gasteiger partial charge in [0.25, 0.3) is 0 Å². The van der Waals surface area contributed by atoms with Crippen molar-refractivity contribution in [3.63, 3.8) is 0 Å². The van der Waals surface area contributed by atoms with Crippen LogP contribution < -0.4 is 5.32 Å². The standard InChI is InChI=1S/C14H21BrFNO/c1-3-17-13(7-8-18-4-2)10-11-9-12(16)5-6-14(11)15/h5-6,9,13,17H,3-4,7-8,10H2,1-2H3. The van der Waals surface area contributed by atoms with Crippen LogP contribution in [0.2, 0.25) is 0 Å². The summed E-state index contributed by atoms with van der Waals surface area (Å²) in [6.07, 6.45) is 1.74. The van der Waals surface area contributed by atoms with Gasteiger partial charge in [-0.25, -0.2) is 4.39 Å². The normalized spacial score (nSPS) is 12.7. The number of likely N-dealkylation sites (N-methyl/N-ethyl adjacent to an activating group) is 1. The van der Waals surface area contributed by atoms with Gasteiger partial charge in [-0.1, -0.05) is 22.9 Å². The summed E-state index contributed by atoms with van der Waals surface area (Å²) in [7, 11) is 0. The highest BCUT2D eigenvalue weighted by Gasteiger charge is 2.11. The molecule has 0 aliphatic heterocycles. The summed E-state index contributed by atoms with van der Waals surface area (Å²) in [5.74, 6) is -0.187. The maximum atomic E-state index is 13.2. The van der Waals surface area contributed by atoms with Crippen molar-refractivity contribution in [2.75, 3.05) is 19.8 Å². The van der Waals surface area contributed by atoms with E-state index < -0.39 is 0 Å². The first-order valence-electron chi connectivity index (χ1n) is 6.42. The molecule has 0 saturated carbocycles. The molecular formula is C14H21BrFNO. The number of halogens is 2. The van der Waals surface area contributed by atoms with Crippen LogP contribution in [0.1, 0.15) is 25.8 Å². The molecule has 0 aliphatic rings. The van der Waals surface area contributed by atoms with Crippen molar-refractivity contribution < 1.29 is 9.13 Å². The van der Waals surface area contributed by atoms with Crippen LogP contribution >= 0.6 is 15.9 Å². The Morgan fingerprint density at radius 1 is 1.39 bits per heavy atom. The maximum absolute atomic E-state index is 13.2. The molecule has 1 N–H and O–H groups in total. The molecule has 0 spiro atoms. The molecule has 0 amide bonds. The first-order valence-corrected chi connectivity index (χ1v) is 7.21. The van der Waals surface area contributed by atoms with Crippen molar-refractivity contribution in [2.24, 2.45) is 0 Å². The van der Waals surface area contributed by atoms with Gasteiger partial charge in [0, 0.05) is 23.7 Å². The number of nitrogens with one attached hydrogen (secondary N) is 1. The second-order valence-corrected chi connectivity index (χ2v) is 5.03. The first kappa shape index (κ1) is 15.6. The van der Waals surface area contributed by atoms with Crippen molar-refractivity contribution in [3.05, 3.63) is 34.1 Å². The van der Waals surface area contributed by atoms with E-state index in [1.54, 1.807) is 12.1 Å². The fraction of sp³-hybridized carbons (Fsp3) is 0.571. The van der Waals surface area contributed by atoms with E-state index >= 15 is 0 Å². The Morgan fingerprint density at radius 2 is 2.17 bits per heavy atom. The SMILES string of the molecule is CCNC(CCOCC)Cc1cc(F)ccc1Br. The molecule has 2 nitrogen and oxygen atoms in total. The van der Waals surface area contributed by atoms with Crippen LogP contribution in [0.5, 0.6) is 0 Å². The lowest BCUT2D eigenvalue weighted by atomic mass is 10.0. The summed E-state index contributed by atoms with van der Waals surface area (Å²) in [5, 5.41) is 3.41.